The van der Waals surface area contributed by atoms with Crippen LogP contribution in [0.2, 0.25) is 6.04 Å². The van der Waals surface area contributed by atoms with Crippen LogP contribution in [0, 0.1) is 0 Å². The average Bonchev–Trinajstić information content (AvgIpc) is 2.55. The molecule has 1 aliphatic heterocycles. The number of amidine groups is 1. The van der Waals surface area contributed by atoms with Crippen LogP contribution in [-0.4, -0.2) is 34.8 Å². The van der Waals surface area contributed by atoms with Crippen molar-refractivity contribution in [3.8, 4) is 0 Å². The van der Waals surface area contributed by atoms with E-state index in [-0.39, 0.29) is 9.76 Å². The van der Waals surface area contributed by atoms with Crippen LogP contribution < -0.4 is 5.32 Å². The lowest BCUT2D eigenvalue weighted by molar-refractivity contribution is 0.255. The van der Waals surface area contributed by atoms with E-state index in [1.807, 2.05) is 0 Å². The van der Waals surface area contributed by atoms with Gasteiger partial charge in [0.05, 0.1) is 12.4 Å². The monoisotopic (exact) mass is 200 g/mol. The fraction of sp³-hybridized carbons (Fsp3) is 0.889. The molecular weight excluding hydrogens is 180 g/mol. The zero-order valence-corrected chi connectivity index (χ0v) is 10.1. The molecule has 0 atom stereocenters. The van der Waals surface area contributed by atoms with Crippen LogP contribution in [0.4, 0.5) is 0 Å². The van der Waals surface area contributed by atoms with Gasteiger partial charge in [0.15, 0.2) is 9.76 Å². The quantitative estimate of drug-likeness (QED) is 0.506. The van der Waals surface area contributed by atoms with Crippen LogP contribution >= 0.6 is 0 Å². The highest BCUT2D eigenvalue weighted by Crippen LogP contribution is 2.00. The van der Waals surface area contributed by atoms with Crippen molar-refractivity contribution in [2.24, 2.45) is 4.99 Å². The summed E-state index contributed by atoms with van der Waals surface area (Å²) in [6.07, 6.45) is 2.78. The summed E-state index contributed by atoms with van der Waals surface area (Å²) in [7, 11) is -0.257. The Bertz CT molecular complexity index is 171. The van der Waals surface area contributed by atoms with Crippen molar-refractivity contribution in [2.75, 3.05) is 13.1 Å². The summed E-state index contributed by atoms with van der Waals surface area (Å²) in [6, 6.07) is 1.28. The van der Waals surface area contributed by atoms with E-state index in [0.29, 0.717) is 6.10 Å². The standard InChI is InChI=1S/C9H20N2OSi/c1-8(2)12-13-7-3-4-9-10-5-6-11-9/h8H,3-7,13H2,1-2H3,(H,10,11). The Morgan fingerprint density at radius 2 is 2.46 bits per heavy atom. The van der Waals surface area contributed by atoms with E-state index in [1.54, 1.807) is 0 Å². The summed E-state index contributed by atoms with van der Waals surface area (Å²) in [5, 5.41) is 3.28. The summed E-state index contributed by atoms with van der Waals surface area (Å²) in [6.45, 7) is 6.22. The second-order valence-electron chi connectivity index (χ2n) is 3.63. The zero-order valence-electron chi connectivity index (χ0n) is 8.68. The van der Waals surface area contributed by atoms with Gasteiger partial charge in [-0.05, 0) is 26.3 Å². The molecule has 0 saturated heterocycles. The van der Waals surface area contributed by atoms with E-state index in [1.165, 1.54) is 18.3 Å². The lowest BCUT2D eigenvalue weighted by atomic mass is 10.3. The van der Waals surface area contributed by atoms with E-state index in [2.05, 4.69) is 24.2 Å². The predicted molar refractivity (Wildman–Crippen MR) is 59.1 cm³/mol. The first-order valence-electron chi connectivity index (χ1n) is 5.18. The third-order valence-corrected chi connectivity index (χ3v) is 3.69. The molecule has 0 fully saturated rings. The Morgan fingerprint density at radius 1 is 1.62 bits per heavy atom. The maximum absolute atomic E-state index is 5.59. The molecule has 0 aliphatic carbocycles. The smallest absolute Gasteiger partial charge is 0.161 e. The molecule has 3 nitrogen and oxygen atoms in total. The molecule has 4 heteroatoms. The predicted octanol–water partition coefficient (Wildman–Crippen LogP) is 0.695. The lowest BCUT2D eigenvalue weighted by Gasteiger charge is -2.06. The molecule has 76 valence electrons. The molecule has 1 rings (SSSR count). The van der Waals surface area contributed by atoms with Gasteiger partial charge in [0.25, 0.3) is 0 Å². The van der Waals surface area contributed by atoms with Crippen LogP contribution in [-0.2, 0) is 4.43 Å². The number of nitrogens with zero attached hydrogens (tertiary/aromatic N) is 1. The Balaban J connectivity index is 1.89. The van der Waals surface area contributed by atoms with Gasteiger partial charge in [-0.15, -0.1) is 0 Å². The van der Waals surface area contributed by atoms with Crippen LogP contribution in [0.25, 0.3) is 0 Å². The number of nitrogens with one attached hydrogen (secondary N) is 1. The van der Waals surface area contributed by atoms with Crippen molar-refractivity contribution in [1.29, 1.82) is 0 Å². The van der Waals surface area contributed by atoms with E-state index < -0.39 is 0 Å². The first-order valence-corrected chi connectivity index (χ1v) is 6.75. The van der Waals surface area contributed by atoms with E-state index in [0.717, 1.165) is 19.5 Å². The van der Waals surface area contributed by atoms with E-state index >= 15 is 0 Å². The molecule has 0 aromatic rings. The molecule has 0 saturated carbocycles. The van der Waals surface area contributed by atoms with E-state index in [4.69, 9.17) is 4.43 Å². The second-order valence-corrected chi connectivity index (χ2v) is 5.08. The largest absolute Gasteiger partial charge is 0.422 e. The minimum absolute atomic E-state index is 0.257. The van der Waals surface area contributed by atoms with Crippen molar-refractivity contribution in [3.05, 3.63) is 0 Å². The van der Waals surface area contributed by atoms with Crippen LogP contribution in [0.15, 0.2) is 4.99 Å². The number of rotatable bonds is 6. The number of hydrogen-bond donors (Lipinski definition) is 1. The number of aliphatic imine (C=N–C) groups is 1. The van der Waals surface area contributed by atoms with Gasteiger partial charge in [-0.1, -0.05) is 0 Å². The molecule has 0 unspecified atom stereocenters. The summed E-state index contributed by atoms with van der Waals surface area (Å²) in [4.78, 5) is 4.35. The fourth-order valence-corrected chi connectivity index (χ4v) is 2.42. The van der Waals surface area contributed by atoms with Gasteiger partial charge >= 0.3 is 0 Å². The fourth-order valence-electron chi connectivity index (χ4n) is 1.33. The first kappa shape index (κ1) is 10.7. The Morgan fingerprint density at radius 3 is 3.08 bits per heavy atom. The molecule has 1 heterocycles. The van der Waals surface area contributed by atoms with Crippen molar-refractivity contribution in [3.63, 3.8) is 0 Å². The van der Waals surface area contributed by atoms with Crippen molar-refractivity contribution in [1.82, 2.24) is 5.32 Å². The molecule has 0 aromatic carbocycles. The molecular formula is C9H20N2OSi. The van der Waals surface area contributed by atoms with Crippen molar-refractivity contribution in [2.45, 2.75) is 38.8 Å². The van der Waals surface area contributed by atoms with Gasteiger partial charge in [-0.25, -0.2) is 0 Å². The van der Waals surface area contributed by atoms with Gasteiger partial charge in [-0.3, -0.25) is 4.99 Å². The Labute approximate surface area is 82.9 Å². The SMILES string of the molecule is CC(C)O[SiH2]CCCC1=NCCN1. The van der Waals surface area contributed by atoms with Gasteiger partial charge in [0.2, 0.25) is 0 Å². The molecule has 0 aromatic heterocycles. The summed E-state index contributed by atoms with van der Waals surface area (Å²) >= 11 is 0. The highest BCUT2D eigenvalue weighted by molar-refractivity contribution is 6.27. The lowest BCUT2D eigenvalue weighted by Crippen LogP contribution is -2.18. The Hall–Kier alpha value is -0.353. The third-order valence-electron chi connectivity index (χ3n) is 2.00. The molecule has 0 spiro atoms. The Kier molecular flexibility index (Phi) is 5.08. The summed E-state index contributed by atoms with van der Waals surface area (Å²) in [5.74, 6) is 1.21. The van der Waals surface area contributed by atoms with Crippen LogP contribution in [0.1, 0.15) is 26.7 Å². The zero-order chi connectivity index (χ0) is 9.52. The maximum Gasteiger partial charge on any atom is 0.161 e. The minimum Gasteiger partial charge on any atom is -0.422 e. The van der Waals surface area contributed by atoms with E-state index in [9.17, 15) is 0 Å². The minimum atomic E-state index is -0.257. The normalized spacial score (nSPS) is 17.0. The van der Waals surface area contributed by atoms with Gasteiger partial charge in [0, 0.05) is 19.1 Å². The average molecular weight is 200 g/mol. The molecule has 13 heavy (non-hydrogen) atoms. The van der Waals surface area contributed by atoms with Gasteiger partial charge in [-0.2, -0.15) is 0 Å². The van der Waals surface area contributed by atoms with Gasteiger partial charge < -0.3 is 9.74 Å². The highest BCUT2D eigenvalue weighted by Gasteiger charge is 2.03. The third kappa shape index (κ3) is 5.05. The van der Waals surface area contributed by atoms with Gasteiger partial charge in [0.1, 0.15) is 0 Å². The molecule has 1 aliphatic rings. The van der Waals surface area contributed by atoms with Crippen molar-refractivity contribution >= 4 is 15.6 Å². The topological polar surface area (TPSA) is 33.6 Å². The summed E-state index contributed by atoms with van der Waals surface area (Å²) < 4.78 is 5.59. The molecule has 0 bridgehead atoms. The molecule has 0 radical (unpaired) electrons. The highest BCUT2D eigenvalue weighted by atomic mass is 28.2. The number of hydrogen-bond acceptors (Lipinski definition) is 3. The van der Waals surface area contributed by atoms with Crippen molar-refractivity contribution < 1.29 is 4.43 Å². The molecule has 0 amide bonds. The maximum atomic E-state index is 5.59. The second kappa shape index (κ2) is 6.15. The van der Waals surface area contributed by atoms with Crippen LogP contribution in [0.3, 0.4) is 0 Å². The summed E-state index contributed by atoms with van der Waals surface area (Å²) in [5.41, 5.74) is 0. The first-order chi connectivity index (χ1) is 6.29. The van der Waals surface area contributed by atoms with Crippen LogP contribution in [0.5, 0.6) is 0 Å². The molecule has 1 N–H and O–H groups in total.